The summed E-state index contributed by atoms with van der Waals surface area (Å²) in [7, 11) is 3.70. The van der Waals surface area contributed by atoms with Gasteiger partial charge in [0.15, 0.2) is 0 Å². The number of likely N-dealkylation sites (N-methyl/N-ethyl adjacent to an activating group) is 1. The second kappa shape index (κ2) is 6.68. The molecule has 0 aliphatic heterocycles. The molecule has 2 aromatic rings. The topological polar surface area (TPSA) is 34.1 Å². The van der Waals surface area contributed by atoms with Crippen LogP contribution in [0.3, 0.4) is 0 Å². The molecule has 1 atom stereocenters. The number of hydrogen-bond acceptors (Lipinski definition) is 4. The highest BCUT2D eigenvalue weighted by Crippen LogP contribution is 2.16. The Morgan fingerprint density at radius 2 is 2.00 bits per heavy atom. The summed E-state index contributed by atoms with van der Waals surface area (Å²) in [6.45, 7) is 2.04. The number of aryl methyl sites for hydroxylation is 1. The molecule has 0 spiro atoms. The molecule has 1 heterocycles. The van der Waals surface area contributed by atoms with Gasteiger partial charge in [0.25, 0.3) is 0 Å². The van der Waals surface area contributed by atoms with Gasteiger partial charge in [-0.05, 0) is 38.1 Å². The fourth-order valence-electron chi connectivity index (χ4n) is 2.03. The van der Waals surface area contributed by atoms with Crippen molar-refractivity contribution in [2.45, 2.75) is 25.8 Å². The van der Waals surface area contributed by atoms with Gasteiger partial charge in [0.1, 0.15) is 5.75 Å². The minimum absolute atomic E-state index is 0.416. The second-order valence-electron chi connectivity index (χ2n) is 4.62. The van der Waals surface area contributed by atoms with Gasteiger partial charge in [0, 0.05) is 23.5 Å². The van der Waals surface area contributed by atoms with E-state index in [1.807, 2.05) is 26.1 Å². The summed E-state index contributed by atoms with van der Waals surface area (Å²) in [5.41, 5.74) is 2.42. The predicted molar refractivity (Wildman–Crippen MR) is 80.1 cm³/mol. The lowest BCUT2D eigenvalue weighted by Crippen LogP contribution is -2.29. The number of nitrogens with one attached hydrogen (secondary N) is 1. The molecule has 1 aromatic heterocycles. The van der Waals surface area contributed by atoms with Crippen molar-refractivity contribution in [3.8, 4) is 5.75 Å². The third kappa shape index (κ3) is 4.04. The fraction of sp³-hybridized carbons (Fsp3) is 0.400. The van der Waals surface area contributed by atoms with Crippen molar-refractivity contribution in [3.05, 3.63) is 45.9 Å². The molecule has 1 unspecified atom stereocenters. The van der Waals surface area contributed by atoms with Gasteiger partial charge in [-0.25, -0.2) is 4.98 Å². The molecule has 0 radical (unpaired) electrons. The van der Waals surface area contributed by atoms with Crippen molar-refractivity contribution in [1.82, 2.24) is 10.3 Å². The first-order valence-corrected chi connectivity index (χ1v) is 7.30. The van der Waals surface area contributed by atoms with Gasteiger partial charge in [-0.2, -0.15) is 0 Å². The van der Waals surface area contributed by atoms with Crippen molar-refractivity contribution in [3.63, 3.8) is 0 Å². The highest BCUT2D eigenvalue weighted by atomic mass is 32.1. The predicted octanol–water partition coefficient (Wildman–Crippen LogP) is 2.83. The molecule has 0 aliphatic rings. The van der Waals surface area contributed by atoms with Gasteiger partial charge >= 0.3 is 0 Å². The Hall–Kier alpha value is -1.39. The largest absolute Gasteiger partial charge is 0.497 e. The zero-order valence-electron chi connectivity index (χ0n) is 11.6. The highest BCUT2D eigenvalue weighted by molar-refractivity contribution is 7.09. The monoisotopic (exact) mass is 276 g/mol. The van der Waals surface area contributed by atoms with Gasteiger partial charge in [-0.15, -0.1) is 11.3 Å². The van der Waals surface area contributed by atoms with Crippen molar-refractivity contribution < 1.29 is 4.74 Å². The normalized spacial score (nSPS) is 12.4. The number of benzene rings is 1. The van der Waals surface area contributed by atoms with Crippen molar-refractivity contribution in [2.75, 3.05) is 14.2 Å². The van der Waals surface area contributed by atoms with Crippen LogP contribution in [0.4, 0.5) is 0 Å². The lowest BCUT2D eigenvalue weighted by Gasteiger charge is -2.15. The fourth-order valence-corrected chi connectivity index (χ4v) is 2.88. The summed E-state index contributed by atoms with van der Waals surface area (Å²) in [6.07, 6.45) is 1.97. The van der Waals surface area contributed by atoms with Crippen molar-refractivity contribution in [1.29, 1.82) is 0 Å². The number of methoxy groups -OCH3 is 1. The standard InChI is InChI=1S/C15H20N2OS/c1-11-10-19-15(17-11)9-13(16-2)8-12-4-6-14(18-3)7-5-12/h4-7,10,13,16H,8-9H2,1-3H3. The Morgan fingerprint density at radius 1 is 1.26 bits per heavy atom. The van der Waals surface area contributed by atoms with E-state index in [4.69, 9.17) is 4.74 Å². The first-order chi connectivity index (χ1) is 9.21. The zero-order valence-corrected chi connectivity index (χ0v) is 12.5. The lowest BCUT2D eigenvalue weighted by atomic mass is 10.0. The summed E-state index contributed by atoms with van der Waals surface area (Å²) in [5, 5.41) is 6.68. The van der Waals surface area contributed by atoms with E-state index in [1.165, 1.54) is 10.6 Å². The third-order valence-electron chi connectivity index (χ3n) is 3.14. The van der Waals surface area contributed by atoms with Gasteiger partial charge in [0.05, 0.1) is 12.1 Å². The smallest absolute Gasteiger partial charge is 0.118 e. The minimum Gasteiger partial charge on any atom is -0.497 e. The van der Waals surface area contributed by atoms with Crippen LogP contribution in [-0.4, -0.2) is 25.2 Å². The van der Waals surface area contributed by atoms with Crippen molar-refractivity contribution in [2.24, 2.45) is 0 Å². The van der Waals surface area contributed by atoms with Crippen LogP contribution in [0.2, 0.25) is 0 Å². The van der Waals surface area contributed by atoms with Gasteiger partial charge in [-0.3, -0.25) is 0 Å². The molecular formula is C15H20N2OS. The van der Waals surface area contributed by atoms with Gasteiger partial charge in [-0.1, -0.05) is 12.1 Å². The summed E-state index contributed by atoms with van der Waals surface area (Å²) in [6, 6.07) is 8.68. The molecular weight excluding hydrogens is 256 g/mol. The van der Waals surface area contributed by atoms with E-state index in [-0.39, 0.29) is 0 Å². The van der Waals surface area contributed by atoms with Crippen LogP contribution < -0.4 is 10.1 Å². The number of aromatic nitrogens is 1. The van der Waals surface area contributed by atoms with Crippen LogP contribution in [0.25, 0.3) is 0 Å². The molecule has 102 valence electrons. The van der Waals surface area contributed by atoms with E-state index < -0.39 is 0 Å². The first-order valence-electron chi connectivity index (χ1n) is 6.42. The molecule has 3 nitrogen and oxygen atoms in total. The number of hydrogen-bond donors (Lipinski definition) is 1. The number of nitrogens with zero attached hydrogens (tertiary/aromatic N) is 1. The number of thiazole rings is 1. The summed E-state index contributed by atoms with van der Waals surface area (Å²) < 4.78 is 5.17. The van der Waals surface area contributed by atoms with Crippen LogP contribution >= 0.6 is 11.3 Å². The Kier molecular flexibility index (Phi) is 4.93. The van der Waals surface area contributed by atoms with E-state index in [2.05, 4.69) is 27.8 Å². The number of ether oxygens (including phenoxy) is 1. The van der Waals surface area contributed by atoms with Gasteiger partial charge in [0.2, 0.25) is 0 Å². The van der Waals surface area contributed by atoms with Crippen LogP contribution in [0.5, 0.6) is 5.75 Å². The Bertz CT molecular complexity index is 507. The van der Waals surface area contributed by atoms with Crippen LogP contribution in [0.15, 0.2) is 29.6 Å². The Balaban J connectivity index is 1.97. The van der Waals surface area contributed by atoms with Crippen LogP contribution in [0, 0.1) is 6.92 Å². The van der Waals surface area contributed by atoms with Gasteiger partial charge < -0.3 is 10.1 Å². The van der Waals surface area contributed by atoms with E-state index >= 15 is 0 Å². The van der Waals surface area contributed by atoms with E-state index in [0.717, 1.165) is 24.3 Å². The molecule has 0 fully saturated rings. The van der Waals surface area contributed by atoms with Crippen LogP contribution in [-0.2, 0) is 12.8 Å². The van der Waals surface area contributed by atoms with E-state index in [9.17, 15) is 0 Å². The molecule has 0 amide bonds. The highest BCUT2D eigenvalue weighted by Gasteiger charge is 2.10. The maximum atomic E-state index is 5.17. The summed E-state index contributed by atoms with van der Waals surface area (Å²) in [5.74, 6) is 0.903. The molecule has 19 heavy (non-hydrogen) atoms. The summed E-state index contributed by atoms with van der Waals surface area (Å²) >= 11 is 1.74. The van der Waals surface area contributed by atoms with E-state index in [1.54, 1.807) is 18.4 Å². The average Bonchev–Trinajstić information content (AvgIpc) is 2.84. The third-order valence-corrected chi connectivity index (χ3v) is 4.13. The van der Waals surface area contributed by atoms with Crippen LogP contribution in [0.1, 0.15) is 16.3 Å². The number of rotatable bonds is 6. The molecule has 1 N–H and O–H groups in total. The van der Waals surface area contributed by atoms with E-state index in [0.29, 0.717) is 6.04 Å². The molecule has 1 aromatic carbocycles. The summed E-state index contributed by atoms with van der Waals surface area (Å²) in [4.78, 5) is 4.53. The maximum Gasteiger partial charge on any atom is 0.118 e. The lowest BCUT2D eigenvalue weighted by molar-refractivity contribution is 0.414. The molecule has 0 bridgehead atoms. The minimum atomic E-state index is 0.416. The SMILES string of the molecule is CNC(Cc1ccc(OC)cc1)Cc1nc(C)cs1. The first kappa shape index (κ1) is 14.0. The average molecular weight is 276 g/mol. The maximum absolute atomic E-state index is 5.17. The Labute approximate surface area is 118 Å². The molecule has 2 rings (SSSR count). The quantitative estimate of drug-likeness (QED) is 0.881. The Morgan fingerprint density at radius 3 is 2.53 bits per heavy atom. The molecule has 4 heteroatoms. The zero-order chi connectivity index (χ0) is 13.7. The molecule has 0 aliphatic carbocycles. The molecule has 0 saturated heterocycles. The second-order valence-corrected chi connectivity index (χ2v) is 5.57. The van der Waals surface area contributed by atoms with Crippen molar-refractivity contribution >= 4 is 11.3 Å². The molecule has 0 saturated carbocycles.